The second kappa shape index (κ2) is 9.73. The number of benzene rings is 2. The normalized spacial score (nSPS) is 10.2. The fourth-order valence-corrected chi connectivity index (χ4v) is 2.41. The highest BCUT2D eigenvalue weighted by Gasteiger charge is 2.12. The molecule has 0 bridgehead atoms. The Bertz CT molecular complexity index is 852. The molecule has 0 spiro atoms. The number of nitrogens with one attached hydrogen (secondary N) is 2. The van der Waals surface area contributed by atoms with Crippen LogP contribution in [0, 0.1) is 13.8 Å². The molecular formula is C20H21ClN2O4. The van der Waals surface area contributed by atoms with Crippen LogP contribution in [0.1, 0.15) is 24.0 Å². The summed E-state index contributed by atoms with van der Waals surface area (Å²) in [5, 5.41) is 5.69. The van der Waals surface area contributed by atoms with Crippen molar-refractivity contribution in [1.29, 1.82) is 0 Å². The number of amides is 2. The van der Waals surface area contributed by atoms with Gasteiger partial charge in [-0.1, -0.05) is 29.8 Å². The number of rotatable bonds is 7. The zero-order valence-electron chi connectivity index (χ0n) is 15.2. The molecule has 6 nitrogen and oxygen atoms in total. The van der Waals surface area contributed by atoms with Gasteiger partial charge in [0.1, 0.15) is 0 Å². The molecule has 0 unspecified atom stereocenters. The molecule has 0 aliphatic heterocycles. The van der Waals surface area contributed by atoms with Gasteiger partial charge in [-0.25, -0.2) is 0 Å². The highest BCUT2D eigenvalue weighted by atomic mass is 35.5. The van der Waals surface area contributed by atoms with E-state index in [0.29, 0.717) is 16.4 Å². The molecule has 0 saturated heterocycles. The Morgan fingerprint density at radius 2 is 1.67 bits per heavy atom. The van der Waals surface area contributed by atoms with Gasteiger partial charge in [-0.2, -0.15) is 0 Å². The molecule has 2 rings (SSSR count). The van der Waals surface area contributed by atoms with Gasteiger partial charge >= 0.3 is 5.97 Å². The van der Waals surface area contributed by atoms with Crippen LogP contribution in [0.5, 0.6) is 0 Å². The minimum atomic E-state index is -0.625. The van der Waals surface area contributed by atoms with Crippen molar-refractivity contribution in [3.8, 4) is 0 Å². The standard InChI is InChI=1S/C20H21ClN2O4/c1-13-7-8-15(11-14(13)2)22-19(25)12-27-20(26)10-9-18(24)23-17-6-4-3-5-16(17)21/h3-8,11H,9-10,12H2,1-2H3,(H,22,25)(H,23,24). The third-order valence-electron chi connectivity index (χ3n) is 3.86. The Balaban J connectivity index is 1.70. The maximum Gasteiger partial charge on any atom is 0.306 e. The van der Waals surface area contributed by atoms with Gasteiger partial charge in [-0.05, 0) is 49.2 Å². The summed E-state index contributed by atoms with van der Waals surface area (Å²) in [7, 11) is 0. The van der Waals surface area contributed by atoms with Gasteiger partial charge in [0.05, 0.1) is 17.1 Å². The van der Waals surface area contributed by atoms with E-state index in [-0.39, 0.29) is 18.7 Å². The van der Waals surface area contributed by atoms with E-state index in [0.717, 1.165) is 11.1 Å². The Kier molecular flexibility index (Phi) is 7.37. The first kappa shape index (κ1) is 20.5. The fourth-order valence-electron chi connectivity index (χ4n) is 2.23. The number of halogens is 1. The van der Waals surface area contributed by atoms with Crippen LogP contribution in [0.2, 0.25) is 5.02 Å². The highest BCUT2D eigenvalue weighted by molar-refractivity contribution is 6.33. The molecule has 142 valence electrons. The molecule has 2 aromatic carbocycles. The zero-order valence-corrected chi connectivity index (χ0v) is 15.9. The predicted octanol–water partition coefficient (Wildman–Crippen LogP) is 3.86. The number of esters is 1. The van der Waals surface area contributed by atoms with Crippen molar-refractivity contribution in [3.63, 3.8) is 0 Å². The summed E-state index contributed by atoms with van der Waals surface area (Å²) in [6.07, 6.45) is -0.198. The van der Waals surface area contributed by atoms with Crippen molar-refractivity contribution in [2.24, 2.45) is 0 Å². The number of aryl methyl sites for hydroxylation is 2. The molecule has 2 aromatic rings. The summed E-state index contributed by atoms with van der Waals surface area (Å²) in [5.41, 5.74) is 3.28. The van der Waals surface area contributed by atoms with Gasteiger partial charge in [0.15, 0.2) is 6.61 Å². The van der Waals surface area contributed by atoms with E-state index in [1.807, 2.05) is 26.0 Å². The maximum atomic E-state index is 11.9. The lowest BCUT2D eigenvalue weighted by atomic mass is 10.1. The molecule has 0 heterocycles. The van der Waals surface area contributed by atoms with Crippen LogP contribution >= 0.6 is 11.6 Å². The number of hydrogen-bond donors (Lipinski definition) is 2. The van der Waals surface area contributed by atoms with Crippen LogP contribution < -0.4 is 10.6 Å². The van der Waals surface area contributed by atoms with Gasteiger partial charge in [0.25, 0.3) is 5.91 Å². The predicted molar refractivity (Wildman–Crippen MR) is 105 cm³/mol. The number of anilines is 2. The lowest BCUT2D eigenvalue weighted by molar-refractivity contribution is -0.147. The van der Waals surface area contributed by atoms with E-state index < -0.39 is 18.5 Å². The molecule has 0 aliphatic rings. The number of hydrogen-bond acceptors (Lipinski definition) is 4. The monoisotopic (exact) mass is 388 g/mol. The van der Waals surface area contributed by atoms with Gasteiger partial charge in [-0.3, -0.25) is 14.4 Å². The van der Waals surface area contributed by atoms with Crippen LogP contribution in [0.25, 0.3) is 0 Å². The van der Waals surface area contributed by atoms with Gasteiger partial charge in [0, 0.05) is 12.1 Å². The largest absolute Gasteiger partial charge is 0.456 e. The van der Waals surface area contributed by atoms with Crippen LogP contribution in [0.15, 0.2) is 42.5 Å². The molecule has 0 atom stereocenters. The molecule has 0 radical (unpaired) electrons. The molecule has 0 saturated carbocycles. The molecule has 2 N–H and O–H groups in total. The Hall–Kier alpha value is -2.86. The second-order valence-corrected chi connectivity index (χ2v) is 6.44. The van der Waals surface area contributed by atoms with Crippen molar-refractivity contribution >= 4 is 40.8 Å². The summed E-state index contributed by atoms with van der Waals surface area (Å²) in [6.45, 7) is 3.52. The zero-order chi connectivity index (χ0) is 19.8. The molecule has 0 aliphatic carbocycles. The van der Waals surface area contributed by atoms with Crippen molar-refractivity contribution in [2.45, 2.75) is 26.7 Å². The molecular weight excluding hydrogens is 368 g/mol. The van der Waals surface area contributed by atoms with E-state index in [9.17, 15) is 14.4 Å². The van der Waals surface area contributed by atoms with Crippen molar-refractivity contribution < 1.29 is 19.1 Å². The number of ether oxygens (including phenoxy) is 1. The summed E-state index contributed by atoms with van der Waals surface area (Å²) < 4.78 is 4.90. The van der Waals surface area contributed by atoms with E-state index in [1.165, 1.54) is 0 Å². The summed E-state index contributed by atoms with van der Waals surface area (Å²) in [4.78, 5) is 35.4. The van der Waals surface area contributed by atoms with E-state index in [4.69, 9.17) is 16.3 Å². The van der Waals surface area contributed by atoms with Gasteiger partial charge in [-0.15, -0.1) is 0 Å². The van der Waals surface area contributed by atoms with Gasteiger partial charge < -0.3 is 15.4 Å². The van der Waals surface area contributed by atoms with Crippen molar-refractivity contribution in [3.05, 3.63) is 58.6 Å². The lowest BCUT2D eigenvalue weighted by Crippen LogP contribution is -2.21. The molecule has 27 heavy (non-hydrogen) atoms. The number of para-hydroxylation sites is 1. The topological polar surface area (TPSA) is 84.5 Å². The molecule has 0 aromatic heterocycles. The van der Waals surface area contributed by atoms with Crippen molar-refractivity contribution in [1.82, 2.24) is 0 Å². The first-order valence-electron chi connectivity index (χ1n) is 8.42. The van der Waals surface area contributed by atoms with Crippen LogP contribution in [0.4, 0.5) is 11.4 Å². The molecule has 2 amide bonds. The Morgan fingerprint density at radius 1 is 0.926 bits per heavy atom. The molecule has 0 fully saturated rings. The van der Waals surface area contributed by atoms with Crippen LogP contribution in [-0.2, 0) is 19.1 Å². The minimum Gasteiger partial charge on any atom is -0.456 e. The average Bonchev–Trinajstić information content (AvgIpc) is 2.63. The summed E-state index contributed by atoms with van der Waals surface area (Å²) in [5.74, 6) is -1.42. The first-order chi connectivity index (χ1) is 12.8. The quantitative estimate of drug-likeness (QED) is 0.705. The van der Waals surface area contributed by atoms with E-state index in [2.05, 4.69) is 10.6 Å². The summed E-state index contributed by atoms with van der Waals surface area (Å²) >= 11 is 5.95. The van der Waals surface area contributed by atoms with Crippen LogP contribution in [-0.4, -0.2) is 24.4 Å². The Labute approximate surface area is 162 Å². The average molecular weight is 389 g/mol. The van der Waals surface area contributed by atoms with Gasteiger partial charge in [0.2, 0.25) is 5.91 Å². The first-order valence-corrected chi connectivity index (χ1v) is 8.80. The molecule has 7 heteroatoms. The lowest BCUT2D eigenvalue weighted by Gasteiger charge is -2.09. The van der Waals surface area contributed by atoms with E-state index in [1.54, 1.807) is 30.3 Å². The number of carbonyl (C=O) groups is 3. The smallest absolute Gasteiger partial charge is 0.306 e. The maximum absolute atomic E-state index is 11.9. The van der Waals surface area contributed by atoms with E-state index >= 15 is 0 Å². The second-order valence-electron chi connectivity index (χ2n) is 6.04. The third-order valence-corrected chi connectivity index (χ3v) is 4.19. The summed E-state index contributed by atoms with van der Waals surface area (Å²) in [6, 6.07) is 12.3. The Morgan fingerprint density at radius 3 is 2.37 bits per heavy atom. The highest BCUT2D eigenvalue weighted by Crippen LogP contribution is 2.20. The SMILES string of the molecule is Cc1ccc(NC(=O)COC(=O)CCC(=O)Nc2ccccc2Cl)cc1C. The number of carbonyl (C=O) groups excluding carboxylic acids is 3. The fraction of sp³-hybridized carbons (Fsp3) is 0.250. The minimum absolute atomic E-state index is 0.0666. The van der Waals surface area contributed by atoms with Crippen LogP contribution in [0.3, 0.4) is 0 Å². The van der Waals surface area contributed by atoms with Crippen molar-refractivity contribution in [2.75, 3.05) is 17.2 Å². The third kappa shape index (κ3) is 6.75.